The molecule has 1 unspecified atom stereocenters. The van der Waals surface area contributed by atoms with E-state index >= 15 is 0 Å². The van der Waals surface area contributed by atoms with Crippen molar-refractivity contribution >= 4 is 11.3 Å². The number of rotatable bonds is 4. The first-order chi connectivity index (χ1) is 8.61. The van der Waals surface area contributed by atoms with Gasteiger partial charge in [-0.1, -0.05) is 24.3 Å². The highest BCUT2D eigenvalue weighted by Crippen LogP contribution is 2.29. The molecule has 5 heteroatoms. The third-order valence-electron chi connectivity index (χ3n) is 2.79. The van der Waals surface area contributed by atoms with Gasteiger partial charge in [-0.3, -0.25) is 0 Å². The van der Waals surface area contributed by atoms with Crippen molar-refractivity contribution in [3.63, 3.8) is 0 Å². The minimum atomic E-state index is -2.42. The molecule has 2 aromatic rings. The van der Waals surface area contributed by atoms with Crippen LogP contribution in [0.3, 0.4) is 0 Å². The molecule has 1 heterocycles. The Kier molecular flexibility index (Phi) is 4.04. The lowest BCUT2D eigenvalue weighted by atomic mass is 10.1. The summed E-state index contributed by atoms with van der Waals surface area (Å²) >= 11 is 1.57. The molecule has 0 aliphatic rings. The highest BCUT2D eigenvalue weighted by molar-refractivity contribution is 7.15. The highest BCUT2D eigenvalue weighted by Gasteiger charge is 2.11. The van der Waals surface area contributed by atoms with Gasteiger partial charge in [0.15, 0.2) is 0 Å². The molecule has 18 heavy (non-hydrogen) atoms. The maximum atomic E-state index is 12.4. The maximum Gasteiger partial charge on any atom is 0.263 e. The lowest BCUT2D eigenvalue weighted by molar-refractivity contribution is 0.151. The van der Waals surface area contributed by atoms with E-state index in [4.69, 9.17) is 0 Å². The molecular formula is C13H14F2N2S. The summed E-state index contributed by atoms with van der Waals surface area (Å²) in [5.41, 5.74) is 0.915. The number of hydrogen-bond donors (Lipinski definition) is 1. The Labute approximate surface area is 109 Å². The molecule has 0 aliphatic carbocycles. The third kappa shape index (κ3) is 2.73. The van der Waals surface area contributed by atoms with Crippen LogP contribution < -0.4 is 5.32 Å². The predicted molar refractivity (Wildman–Crippen MR) is 70.0 cm³/mol. The van der Waals surface area contributed by atoms with E-state index in [-0.39, 0.29) is 11.6 Å². The Morgan fingerprint density at radius 1 is 1.22 bits per heavy atom. The molecule has 0 radical (unpaired) electrons. The molecule has 0 saturated carbocycles. The molecule has 0 saturated heterocycles. The Balaban J connectivity index is 2.23. The summed E-state index contributed by atoms with van der Waals surface area (Å²) < 4.78 is 24.9. The van der Waals surface area contributed by atoms with E-state index in [0.717, 1.165) is 15.4 Å². The molecule has 2 nitrogen and oxygen atoms in total. The largest absolute Gasteiger partial charge is 0.312 e. The van der Waals surface area contributed by atoms with E-state index in [1.54, 1.807) is 23.5 Å². The summed E-state index contributed by atoms with van der Waals surface area (Å²) in [7, 11) is 1.89. The Hall–Kier alpha value is -1.33. The molecular weight excluding hydrogens is 254 g/mol. The highest BCUT2D eigenvalue weighted by atomic mass is 32.1. The van der Waals surface area contributed by atoms with E-state index in [2.05, 4.69) is 17.2 Å². The molecule has 1 N–H and O–H groups in total. The summed E-state index contributed by atoms with van der Waals surface area (Å²) in [5, 5.41) is 4.00. The van der Waals surface area contributed by atoms with E-state index in [1.165, 1.54) is 12.1 Å². The smallest absolute Gasteiger partial charge is 0.263 e. The van der Waals surface area contributed by atoms with Gasteiger partial charge < -0.3 is 5.32 Å². The second-order valence-electron chi connectivity index (χ2n) is 4.00. The van der Waals surface area contributed by atoms with Crippen LogP contribution in [-0.4, -0.2) is 12.0 Å². The zero-order chi connectivity index (χ0) is 13.1. The molecule has 2 rings (SSSR count). The van der Waals surface area contributed by atoms with E-state index in [0.29, 0.717) is 0 Å². The van der Waals surface area contributed by atoms with Crippen LogP contribution in [0.5, 0.6) is 0 Å². The number of halogens is 2. The monoisotopic (exact) mass is 268 g/mol. The van der Waals surface area contributed by atoms with Gasteiger partial charge in [-0.25, -0.2) is 13.8 Å². The molecule has 0 bridgehead atoms. The second kappa shape index (κ2) is 5.54. The molecule has 96 valence electrons. The van der Waals surface area contributed by atoms with Crippen molar-refractivity contribution in [1.82, 2.24) is 10.3 Å². The number of alkyl halides is 2. The first-order valence-electron chi connectivity index (χ1n) is 5.63. The van der Waals surface area contributed by atoms with Crippen molar-refractivity contribution in [3.8, 4) is 10.6 Å². The molecule has 0 fully saturated rings. The molecule has 1 atom stereocenters. The van der Waals surface area contributed by atoms with E-state index in [9.17, 15) is 8.78 Å². The average Bonchev–Trinajstić information content (AvgIpc) is 2.87. The summed E-state index contributed by atoms with van der Waals surface area (Å²) in [6, 6.07) is 6.52. The van der Waals surface area contributed by atoms with Gasteiger partial charge in [0.2, 0.25) is 0 Å². The van der Waals surface area contributed by atoms with Crippen LogP contribution in [0.4, 0.5) is 8.78 Å². The Morgan fingerprint density at radius 2 is 1.89 bits per heavy atom. The van der Waals surface area contributed by atoms with E-state index < -0.39 is 6.43 Å². The van der Waals surface area contributed by atoms with Crippen molar-refractivity contribution in [3.05, 3.63) is 40.9 Å². The van der Waals surface area contributed by atoms with Crippen LogP contribution in [0.25, 0.3) is 10.6 Å². The van der Waals surface area contributed by atoms with Crippen molar-refractivity contribution in [1.29, 1.82) is 0 Å². The van der Waals surface area contributed by atoms with Crippen LogP contribution in [0.1, 0.15) is 29.8 Å². The standard InChI is InChI=1S/C13H14F2N2S/c1-8(16-2)11-7-17-13(18-11)10-5-3-9(4-6-10)12(14)15/h3-8,12,16H,1-2H3. The van der Waals surface area contributed by atoms with Gasteiger partial charge in [-0.05, 0) is 14.0 Å². The van der Waals surface area contributed by atoms with Crippen LogP contribution in [0.15, 0.2) is 30.5 Å². The van der Waals surface area contributed by atoms with Gasteiger partial charge in [-0.15, -0.1) is 11.3 Å². The SMILES string of the molecule is CNC(C)c1cnc(-c2ccc(C(F)F)cc2)s1. The van der Waals surface area contributed by atoms with Crippen LogP contribution >= 0.6 is 11.3 Å². The van der Waals surface area contributed by atoms with Gasteiger partial charge in [0, 0.05) is 28.2 Å². The quantitative estimate of drug-likeness (QED) is 0.905. The topological polar surface area (TPSA) is 24.9 Å². The van der Waals surface area contributed by atoms with Gasteiger partial charge >= 0.3 is 0 Å². The molecule has 0 aliphatic heterocycles. The second-order valence-corrected chi connectivity index (χ2v) is 5.06. The molecule has 1 aromatic carbocycles. The average molecular weight is 268 g/mol. The van der Waals surface area contributed by atoms with Crippen molar-refractivity contribution < 1.29 is 8.78 Å². The van der Waals surface area contributed by atoms with E-state index in [1.807, 2.05) is 13.2 Å². The lowest BCUT2D eigenvalue weighted by Crippen LogP contribution is -2.10. The zero-order valence-corrected chi connectivity index (χ0v) is 11.0. The number of nitrogens with one attached hydrogen (secondary N) is 1. The van der Waals surface area contributed by atoms with Gasteiger partial charge in [0.25, 0.3) is 6.43 Å². The summed E-state index contributed by atoms with van der Waals surface area (Å²) in [4.78, 5) is 5.45. The number of aromatic nitrogens is 1. The number of nitrogens with zero attached hydrogens (tertiary/aromatic N) is 1. The normalized spacial score (nSPS) is 12.9. The fourth-order valence-electron chi connectivity index (χ4n) is 1.53. The Morgan fingerprint density at radius 3 is 2.44 bits per heavy atom. The number of hydrogen-bond acceptors (Lipinski definition) is 3. The fourth-order valence-corrected chi connectivity index (χ4v) is 2.52. The summed E-state index contributed by atoms with van der Waals surface area (Å²) in [6.45, 7) is 2.05. The summed E-state index contributed by atoms with van der Waals surface area (Å²) in [6.07, 6.45) is -0.599. The minimum absolute atomic E-state index is 0.0409. The van der Waals surface area contributed by atoms with Gasteiger partial charge in [0.05, 0.1) is 0 Å². The molecule has 1 aromatic heterocycles. The Bertz CT molecular complexity index is 508. The fraction of sp³-hybridized carbons (Fsp3) is 0.308. The first-order valence-corrected chi connectivity index (χ1v) is 6.45. The number of thiazole rings is 1. The van der Waals surface area contributed by atoms with Crippen LogP contribution in [-0.2, 0) is 0 Å². The van der Waals surface area contributed by atoms with Crippen LogP contribution in [0, 0.1) is 0 Å². The van der Waals surface area contributed by atoms with Crippen molar-refractivity contribution in [2.45, 2.75) is 19.4 Å². The van der Waals surface area contributed by atoms with Crippen molar-refractivity contribution in [2.24, 2.45) is 0 Å². The van der Waals surface area contributed by atoms with Gasteiger partial charge in [0.1, 0.15) is 5.01 Å². The molecule has 0 amide bonds. The van der Waals surface area contributed by atoms with Crippen LogP contribution in [0.2, 0.25) is 0 Å². The van der Waals surface area contributed by atoms with Crippen molar-refractivity contribution in [2.75, 3.05) is 7.05 Å². The predicted octanol–water partition coefficient (Wildman–Crippen LogP) is 4.03. The zero-order valence-electron chi connectivity index (χ0n) is 10.2. The molecule has 0 spiro atoms. The first kappa shape index (κ1) is 13.1. The van der Waals surface area contributed by atoms with Gasteiger partial charge in [-0.2, -0.15) is 0 Å². The third-order valence-corrected chi connectivity index (χ3v) is 4.02. The lowest BCUT2D eigenvalue weighted by Gasteiger charge is -2.05. The number of benzene rings is 1. The minimum Gasteiger partial charge on any atom is -0.312 e. The maximum absolute atomic E-state index is 12.4. The summed E-state index contributed by atoms with van der Waals surface area (Å²) in [5.74, 6) is 0.